The Morgan fingerprint density at radius 1 is 1.16 bits per heavy atom. The number of alkyl halides is 3. The normalized spacial score (nSPS) is 16.9. The highest BCUT2D eigenvalue weighted by Crippen LogP contribution is 2.40. The number of methoxy groups -OCH3 is 2. The van der Waals surface area contributed by atoms with Crippen LogP contribution in [0.3, 0.4) is 0 Å². The molecule has 1 saturated heterocycles. The molecule has 1 fully saturated rings. The smallest absolute Gasteiger partial charge is 0.420 e. The summed E-state index contributed by atoms with van der Waals surface area (Å²) in [5.74, 6) is -3.54. The molecule has 0 saturated carbocycles. The van der Waals surface area contributed by atoms with Gasteiger partial charge in [-0.3, -0.25) is 19.8 Å². The van der Waals surface area contributed by atoms with Crippen molar-refractivity contribution in [3.05, 3.63) is 42.0 Å². The number of carbonyl (C=O) groups excluding carboxylic acids is 3. The fourth-order valence-corrected chi connectivity index (χ4v) is 3.37. The predicted molar refractivity (Wildman–Crippen MR) is 123 cm³/mol. The summed E-state index contributed by atoms with van der Waals surface area (Å²) in [5.41, 5.74) is -2.56. The van der Waals surface area contributed by atoms with Crippen LogP contribution in [0.2, 0.25) is 0 Å². The number of hydrogen-bond acceptors (Lipinski definition) is 10. The fraction of sp³-hybridized carbons (Fsp3) is 0.391. The first-order valence-corrected chi connectivity index (χ1v) is 11.0. The molecule has 1 aliphatic rings. The molecule has 2 aromatic rings. The summed E-state index contributed by atoms with van der Waals surface area (Å²) >= 11 is 0. The Bertz CT molecular complexity index is 1200. The summed E-state index contributed by atoms with van der Waals surface area (Å²) in [6.45, 7) is -0.227. The quantitative estimate of drug-likeness (QED) is 0.232. The molecule has 1 aromatic carbocycles. The number of nitrogens with one attached hydrogen (secondary N) is 3. The van der Waals surface area contributed by atoms with Crippen molar-refractivity contribution >= 4 is 23.5 Å². The molecule has 38 heavy (non-hydrogen) atoms. The Morgan fingerprint density at radius 3 is 2.45 bits per heavy atom. The maximum absolute atomic E-state index is 13.4. The summed E-state index contributed by atoms with van der Waals surface area (Å²) in [7, 11) is 2.43. The molecule has 12 nitrogen and oxygen atoms in total. The van der Waals surface area contributed by atoms with Gasteiger partial charge in [-0.1, -0.05) is 0 Å². The van der Waals surface area contributed by atoms with Crippen LogP contribution in [-0.2, 0) is 36.6 Å². The number of aromatic nitrogens is 2. The highest BCUT2D eigenvalue weighted by molar-refractivity contribution is 6.39. The number of hydrogen-bond donors (Lipinski definition) is 3. The van der Waals surface area contributed by atoms with Crippen LogP contribution in [0.1, 0.15) is 24.2 Å². The minimum absolute atomic E-state index is 0.00690. The zero-order valence-corrected chi connectivity index (χ0v) is 20.3. The number of ketones is 1. The molecule has 1 atom stereocenters. The minimum atomic E-state index is -4.69. The standard InChI is InChI=1S/C23H24F3N5O7/c1-35-13-3-4-17(15(7-13)23(24,25)26)38-14-9-28-19(29-10-14)11-30-21(34)22(5-6-37-12-22)31-20(33)16(32)8-18(27)36-2/h3-4,7,9-10,27H,5-6,8,11-12H2,1-2H3,(H,30,34)(H,31,33). The van der Waals surface area contributed by atoms with Gasteiger partial charge >= 0.3 is 6.18 Å². The monoisotopic (exact) mass is 539 g/mol. The van der Waals surface area contributed by atoms with Crippen molar-refractivity contribution in [1.29, 1.82) is 5.41 Å². The lowest BCUT2D eigenvalue weighted by atomic mass is 9.96. The number of carbonyl (C=O) groups is 3. The Balaban J connectivity index is 1.63. The molecule has 3 rings (SSSR count). The van der Waals surface area contributed by atoms with Crippen LogP contribution in [-0.4, -0.2) is 66.4 Å². The first-order valence-electron chi connectivity index (χ1n) is 11.0. The van der Waals surface area contributed by atoms with E-state index in [1.165, 1.54) is 20.3 Å². The van der Waals surface area contributed by atoms with E-state index in [2.05, 4.69) is 25.3 Å². The van der Waals surface area contributed by atoms with Crippen molar-refractivity contribution in [2.75, 3.05) is 27.4 Å². The van der Waals surface area contributed by atoms with Crippen LogP contribution in [0.5, 0.6) is 17.2 Å². The largest absolute Gasteiger partial charge is 0.497 e. The van der Waals surface area contributed by atoms with E-state index in [0.29, 0.717) is 0 Å². The molecule has 3 N–H and O–H groups in total. The average molecular weight is 539 g/mol. The zero-order chi connectivity index (χ0) is 27.9. The molecule has 1 unspecified atom stereocenters. The lowest BCUT2D eigenvalue weighted by Gasteiger charge is -2.27. The molecule has 0 radical (unpaired) electrons. The molecule has 2 heterocycles. The second-order valence-corrected chi connectivity index (χ2v) is 8.05. The maximum atomic E-state index is 13.4. The van der Waals surface area contributed by atoms with Gasteiger partial charge in [-0.2, -0.15) is 13.2 Å². The van der Waals surface area contributed by atoms with Gasteiger partial charge < -0.3 is 29.6 Å². The molecular formula is C23H24F3N5O7. The third-order valence-electron chi connectivity index (χ3n) is 5.44. The van der Waals surface area contributed by atoms with Crippen LogP contribution in [0.4, 0.5) is 13.2 Å². The Kier molecular flexibility index (Phi) is 8.83. The first-order chi connectivity index (χ1) is 18.0. The van der Waals surface area contributed by atoms with Crippen molar-refractivity contribution in [3.63, 3.8) is 0 Å². The molecule has 0 bridgehead atoms. The van der Waals surface area contributed by atoms with Crippen LogP contribution in [0.15, 0.2) is 30.6 Å². The summed E-state index contributed by atoms with van der Waals surface area (Å²) < 4.78 is 60.1. The fourth-order valence-electron chi connectivity index (χ4n) is 3.37. The van der Waals surface area contributed by atoms with Crippen LogP contribution < -0.4 is 20.1 Å². The zero-order valence-electron chi connectivity index (χ0n) is 20.3. The van der Waals surface area contributed by atoms with E-state index in [4.69, 9.17) is 19.6 Å². The van der Waals surface area contributed by atoms with Gasteiger partial charge in [0, 0.05) is 13.0 Å². The SMILES string of the molecule is COC(=N)CC(=O)C(=O)NC1(C(=O)NCc2ncc(Oc3ccc(OC)cc3C(F)(F)F)cn2)CCOC1. The van der Waals surface area contributed by atoms with Gasteiger partial charge in [0.25, 0.3) is 5.91 Å². The summed E-state index contributed by atoms with van der Waals surface area (Å²) in [5, 5.41) is 12.3. The molecular weight excluding hydrogens is 515 g/mol. The predicted octanol–water partition coefficient (Wildman–Crippen LogP) is 1.77. The van der Waals surface area contributed by atoms with Gasteiger partial charge in [0.15, 0.2) is 11.6 Å². The molecule has 204 valence electrons. The molecule has 15 heteroatoms. The lowest BCUT2D eigenvalue weighted by Crippen LogP contribution is -2.60. The molecule has 2 amide bonds. The van der Waals surface area contributed by atoms with Gasteiger partial charge in [-0.15, -0.1) is 0 Å². The van der Waals surface area contributed by atoms with Crippen molar-refractivity contribution in [1.82, 2.24) is 20.6 Å². The van der Waals surface area contributed by atoms with Gasteiger partial charge in [0.2, 0.25) is 11.7 Å². The number of rotatable bonds is 10. The second kappa shape index (κ2) is 11.9. The number of ether oxygens (including phenoxy) is 4. The van der Waals surface area contributed by atoms with E-state index in [0.717, 1.165) is 24.5 Å². The summed E-state index contributed by atoms with van der Waals surface area (Å²) in [6, 6.07) is 3.22. The van der Waals surface area contributed by atoms with E-state index in [-0.39, 0.29) is 43.5 Å². The molecule has 0 aliphatic carbocycles. The number of amides is 2. The topological polar surface area (TPSA) is 162 Å². The third-order valence-corrected chi connectivity index (χ3v) is 5.44. The summed E-state index contributed by atoms with van der Waals surface area (Å²) in [6.07, 6.45) is -2.89. The average Bonchev–Trinajstić information content (AvgIpc) is 3.37. The van der Waals surface area contributed by atoms with Gasteiger partial charge in [-0.25, -0.2) is 9.97 Å². The van der Waals surface area contributed by atoms with Crippen molar-refractivity contribution < 1.29 is 46.5 Å². The first kappa shape index (κ1) is 28.3. The van der Waals surface area contributed by atoms with E-state index in [9.17, 15) is 27.6 Å². The van der Waals surface area contributed by atoms with E-state index >= 15 is 0 Å². The highest BCUT2D eigenvalue weighted by atomic mass is 19.4. The van der Waals surface area contributed by atoms with Crippen molar-refractivity contribution in [3.8, 4) is 17.2 Å². The van der Waals surface area contributed by atoms with Crippen LogP contribution in [0.25, 0.3) is 0 Å². The van der Waals surface area contributed by atoms with E-state index in [1.54, 1.807) is 0 Å². The Labute approximate surface area is 214 Å². The number of nitrogens with zero attached hydrogens (tertiary/aromatic N) is 2. The van der Waals surface area contributed by atoms with Gasteiger partial charge in [0.05, 0.1) is 46.2 Å². The molecule has 0 spiro atoms. The third kappa shape index (κ3) is 6.94. The van der Waals surface area contributed by atoms with Gasteiger partial charge in [-0.05, 0) is 18.2 Å². The van der Waals surface area contributed by atoms with Crippen LogP contribution >= 0.6 is 0 Å². The minimum Gasteiger partial charge on any atom is -0.497 e. The highest BCUT2D eigenvalue weighted by Gasteiger charge is 2.44. The molecule has 1 aromatic heterocycles. The van der Waals surface area contributed by atoms with E-state index in [1.807, 2.05) is 0 Å². The lowest BCUT2D eigenvalue weighted by molar-refractivity contribution is -0.141. The van der Waals surface area contributed by atoms with E-state index < -0.39 is 52.9 Å². The second-order valence-electron chi connectivity index (χ2n) is 8.05. The number of Topliss-reactive ketones (excluding diaryl/α,β-unsaturated/α-hetero) is 1. The van der Waals surface area contributed by atoms with Crippen molar-refractivity contribution in [2.45, 2.75) is 31.1 Å². The Morgan fingerprint density at radius 2 is 1.87 bits per heavy atom. The maximum Gasteiger partial charge on any atom is 0.420 e. The van der Waals surface area contributed by atoms with Crippen molar-refractivity contribution in [2.24, 2.45) is 0 Å². The van der Waals surface area contributed by atoms with Gasteiger partial charge in [0.1, 0.15) is 28.4 Å². The number of halogens is 3. The molecule has 1 aliphatic heterocycles. The summed E-state index contributed by atoms with van der Waals surface area (Å²) in [4.78, 5) is 45.1. The van der Waals surface area contributed by atoms with Crippen LogP contribution in [0, 0.1) is 5.41 Å². The Hall–Kier alpha value is -4.27. The number of benzene rings is 1.